The molecule has 0 bridgehead atoms. The van der Waals surface area contributed by atoms with Gasteiger partial charge in [0, 0.05) is 38.3 Å². The molecule has 0 aliphatic carbocycles. The standard InChI is InChI=1S/C17H16FN3O5S/c18-16-4-2-1-3-15(16)17(22)19-9-11-20(12-10-19)27(25,26)14-7-5-13(6-8-14)21(23)24/h1-8H,9-12H2. The van der Waals surface area contributed by atoms with Crippen molar-refractivity contribution in [2.45, 2.75) is 4.90 Å². The summed E-state index contributed by atoms with van der Waals surface area (Å²) in [6, 6.07) is 10.3. The van der Waals surface area contributed by atoms with Crippen LogP contribution in [0.25, 0.3) is 0 Å². The first-order valence-corrected chi connectivity index (χ1v) is 9.53. The normalized spacial score (nSPS) is 15.5. The molecule has 0 unspecified atom stereocenters. The number of nitro groups is 1. The molecule has 1 saturated heterocycles. The van der Waals surface area contributed by atoms with Crippen molar-refractivity contribution in [3.05, 3.63) is 70.0 Å². The summed E-state index contributed by atoms with van der Waals surface area (Å²) in [6.45, 7) is 0.359. The number of sulfonamides is 1. The van der Waals surface area contributed by atoms with E-state index in [4.69, 9.17) is 0 Å². The molecule has 3 rings (SSSR count). The summed E-state index contributed by atoms with van der Waals surface area (Å²) >= 11 is 0. The van der Waals surface area contributed by atoms with Crippen LogP contribution in [0.2, 0.25) is 0 Å². The second-order valence-electron chi connectivity index (χ2n) is 5.93. The number of nitro benzene ring substituents is 1. The molecule has 0 N–H and O–H groups in total. The van der Waals surface area contributed by atoms with Crippen molar-refractivity contribution >= 4 is 21.6 Å². The quantitative estimate of drug-likeness (QED) is 0.583. The first-order valence-electron chi connectivity index (χ1n) is 8.09. The Balaban J connectivity index is 1.70. The van der Waals surface area contributed by atoms with Gasteiger partial charge < -0.3 is 4.90 Å². The third kappa shape index (κ3) is 3.81. The molecule has 0 radical (unpaired) electrons. The zero-order valence-electron chi connectivity index (χ0n) is 14.1. The van der Waals surface area contributed by atoms with Crippen LogP contribution < -0.4 is 0 Å². The minimum atomic E-state index is -3.83. The van der Waals surface area contributed by atoms with E-state index in [2.05, 4.69) is 0 Å². The van der Waals surface area contributed by atoms with Gasteiger partial charge in [-0.15, -0.1) is 0 Å². The molecule has 2 aromatic carbocycles. The number of hydrogen-bond donors (Lipinski definition) is 0. The maximum atomic E-state index is 13.8. The van der Waals surface area contributed by atoms with Gasteiger partial charge in [-0.25, -0.2) is 12.8 Å². The Morgan fingerprint density at radius 1 is 1.00 bits per heavy atom. The van der Waals surface area contributed by atoms with E-state index < -0.39 is 26.7 Å². The average molecular weight is 393 g/mol. The molecule has 0 atom stereocenters. The van der Waals surface area contributed by atoms with Crippen molar-refractivity contribution in [2.75, 3.05) is 26.2 Å². The monoisotopic (exact) mass is 393 g/mol. The maximum absolute atomic E-state index is 13.8. The van der Waals surface area contributed by atoms with Gasteiger partial charge in [0.05, 0.1) is 15.4 Å². The van der Waals surface area contributed by atoms with Crippen LogP contribution in [0.3, 0.4) is 0 Å². The second-order valence-corrected chi connectivity index (χ2v) is 7.87. The van der Waals surface area contributed by atoms with E-state index in [1.165, 1.54) is 39.5 Å². The predicted molar refractivity (Wildman–Crippen MR) is 94.2 cm³/mol. The van der Waals surface area contributed by atoms with Gasteiger partial charge >= 0.3 is 0 Å². The summed E-state index contributed by atoms with van der Waals surface area (Å²) in [4.78, 5) is 23.8. The number of piperazine rings is 1. The van der Waals surface area contributed by atoms with Gasteiger partial charge in [-0.05, 0) is 24.3 Å². The highest BCUT2D eigenvalue weighted by molar-refractivity contribution is 7.89. The zero-order valence-corrected chi connectivity index (χ0v) is 14.9. The van der Waals surface area contributed by atoms with Crippen molar-refractivity contribution in [2.24, 2.45) is 0 Å². The zero-order chi connectivity index (χ0) is 19.6. The molecule has 0 saturated carbocycles. The number of non-ortho nitro benzene ring substituents is 1. The van der Waals surface area contributed by atoms with E-state index in [0.29, 0.717) is 0 Å². The second kappa shape index (κ2) is 7.41. The average Bonchev–Trinajstić information content (AvgIpc) is 2.68. The number of rotatable bonds is 4. The molecular weight excluding hydrogens is 377 g/mol. The molecule has 0 spiro atoms. The highest BCUT2D eigenvalue weighted by atomic mass is 32.2. The predicted octanol–water partition coefficient (Wildman–Crippen LogP) is 1.88. The number of carbonyl (C=O) groups excluding carboxylic acids is 1. The van der Waals surface area contributed by atoms with E-state index in [-0.39, 0.29) is 42.3 Å². The lowest BCUT2D eigenvalue weighted by atomic mass is 10.1. The molecule has 8 nitrogen and oxygen atoms in total. The summed E-state index contributed by atoms with van der Waals surface area (Å²) in [5.41, 5.74) is -0.251. The summed E-state index contributed by atoms with van der Waals surface area (Å²) in [5.74, 6) is -1.11. The van der Waals surface area contributed by atoms with E-state index in [9.17, 15) is 27.7 Å². The van der Waals surface area contributed by atoms with E-state index in [1.807, 2.05) is 0 Å². The van der Waals surface area contributed by atoms with E-state index >= 15 is 0 Å². The SMILES string of the molecule is O=C(c1ccccc1F)N1CCN(S(=O)(=O)c2ccc([N+](=O)[O-])cc2)CC1. The van der Waals surface area contributed by atoms with Gasteiger partial charge in [-0.2, -0.15) is 4.31 Å². The molecule has 1 aliphatic heterocycles. The van der Waals surface area contributed by atoms with Gasteiger partial charge in [0.2, 0.25) is 10.0 Å². The first kappa shape index (κ1) is 18.9. The number of amides is 1. The summed E-state index contributed by atoms with van der Waals surface area (Å²) in [7, 11) is -3.83. The largest absolute Gasteiger partial charge is 0.336 e. The van der Waals surface area contributed by atoms with E-state index in [1.54, 1.807) is 6.07 Å². The summed E-state index contributed by atoms with van der Waals surface area (Å²) in [6.07, 6.45) is 0. The minimum Gasteiger partial charge on any atom is -0.336 e. The Morgan fingerprint density at radius 3 is 2.15 bits per heavy atom. The Labute approximate surface area is 155 Å². The van der Waals surface area contributed by atoms with Crippen LogP contribution in [0.4, 0.5) is 10.1 Å². The van der Waals surface area contributed by atoms with Crippen molar-refractivity contribution in [3.8, 4) is 0 Å². The Bertz CT molecular complexity index is 970. The molecule has 10 heteroatoms. The fourth-order valence-electron chi connectivity index (χ4n) is 2.83. The van der Waals surface area contributed by atoms with Crippen LogP contribution >= 0.6 is 0 Å². The number of hydrogen-bond acceptors (Lipinski definition) is 5. The van der Waals surface area contributed by atoms with Crippen LogP contribution in [0.15, 0.2) is 53.4 Å². The number of nitrogens with zero attached hydrogens (tertiary/aromatic N) is 3. The van der Waals surface area contributed by atoms with Crippen molar-refractivity contribution in [1.82, 2.24) is 9.21 Å². The Kier molecular flexibility index (Phi) is 5.19. The van der Waals surface area contributed by atoms with Crippen LogP contribution in [0.5, 0.6) is 0 Å². The van der Waals surface area contributed by atoms with Gasteiger partial charge in [-0.1, -0.05) is 12.1 Å². The third-order valence-electron chi connectivity index (χ3n) is 4.32. The number of carbonyl (C=O) groups is 1. The summed E-state index contributed by atoms with van der Waals surface area (Å²) in [5, 5.41) is 10.7. The van der Waals surface area contributed by atoms with Crippen LogP contribution in [-0.4, -0.2) is 54.6 Å². The fourth-order valence-corrected chi connectivity index (χ4v) is 4.25. The Morgan fingerprint density at radius 2 is 1.59 bits per heavy atom. The van der Waals surface area contributed by atoms with Crippen molar-refractivity contribution in [1.29, 1.82) is 0 Å². The van der Waals surface area contributed by atoms with Gasteiger partial charge in [0.1, 0.15) is 5.82 Å². The molecule has 27 heavy (non-hydrogen) atoms. The van der Waals surface area contributed by atoms with Crippen LogP contribution in [0.1, 0.15) is 10.4 Å². The third-order valence-corrected chi connectivity index (χ3v) is 6.23. The van der Waals surface area contributed by atoms with Crippen molar-refractivity contribution < 1.29 is 22.5 Å². The molecule has 1 aliphatic rings. The van der Waals surface area contributed by atoms with Gasteiger partial charge in [0.25, 0.3) is 11.6 Å². The smallest absolute Gasteiger partial charge is 0.269 e. The molecule has 142 valence electrons. The van der Waals surface area contributed by atoms with E-state index in [0.717, 1.165) is 12.1 Å². The van der Waals surface area contributed by atoms with Gasteiger partial charge in [-0.3, -0.25) is 14.9 Å². The van der Waals surface area contributed by atoms with Crippen LogP contribution in [-0.2, 0) is 10.0 Å². The minimum absolute atomic E-state index is 0.0517. The fraction of sp³-hybridized carbons (Fsp3) is 0.235. The number of halogens is 1. The lowest BCUT2D eigenvalue weighted by Gasteiger charge is -2.34. The molecular formula is C17H16FN3O5S. The maximum Gasteiger partial charge on any atom is 0.269 e. The molecule has 1 fully saturated rings. The molecule has 1 heterocycles. The lowest BCUT2D eigenvalue weighted by Crippen LogP contribution is -2.50. The molecule has 2 aromatic rings. The lowest BCUT2D eigenvalue weighted by molar-refractivity contribution is -0.384. The molecule has 1 amide bonds. The highest BCUT2D eigenvalue weighted by Crippen LogP contribution is 2.21. The topological polar surface area (TPSA) is 101 Å². The first-order chi connectivity index (χ1) is 12.8. The Hall–Kier alpha value is -2.85. The van der Waals surface area contributed by atoms with Gasteiger partial charge in [0.15, 0.2) is 0 Å². The van der Waals surface area contributed by atoms with Crippen LogP contribution in [0, 0.1) is 15.9 Å². The number of benzene rings is 2. The molecule has 0 aromatic heterocycles. The van der Waals surface area contributed by atoms with Crippen molar-refractivity contribution in [3.63, 3.8) is 0 Å². The summed E-state index contributed by atoms with van der Waals surface area (Å²) < 4.78 is 40.3. The highest BCUT2D eigenvalue weighted by Gasteiger charge is 2.31.